The first-order valence-corrected chi connectivity index (χ1v) is 8.51. The van der Waals surface area contributed by atoms with Gasteiger partial charge >= 0.3 is 0 Å². The molecule has 2 aromatic rings. The molecule has 2 unspecified atom stereocenters. The van der Waals surface area contributed by atoms with Gasteiger partial charge in [0, 0.05) is 12.5 Å². The molecule has 0 spiro atoms. The highest BCUT2D eigenvalue weighted by molar-refractivity contribution is 6.18. The van der Waals surface area contributed by atoms with Crippen LogP contribution in [0, 0.1) is 11.8 Å². The second-order valence-corrected chi connectivity index (χ2v) is 6.66. The lowest BCUT2D eigenvalue weighted by molar-refractivity contribution is 0.237. The van der Waals surface area contributed by atoms with Crippen molar-refractivity contribution in [3.8, 4) is 11.1 Å². The van der Waals surface area contributed by atoms with Crippen LogP contribution >= 0.6 is 11.6 Å². The normalized spacial score (nSPS) is 13.8. The van der Waals surface area contributed by atoms with E-state index in [9.17, 15) is 0 Å². The predicted octanol–water partition coefficient (Wildman–Crippen LogP) is 4.94. The average Bonchev–Trinajstić information content (AvgIpc) is 2.56. The average molecular weight is 317 g/mol. The van der Waals surface area contributed by atoms with Crippen LogP contribution in [0.25, 0.3) is 11.1 Å². The van der Waals surface area contributed by atoms with E-state index < -0.39 is 0 Å². The zero-order valence-corrected chi connectivity index (χ0v) is 14.2. The number of hydrogen-bond acceptors (Lipinski definition) is 1. The van der Waals surface area contributed by atoms with E-state index in [-0.39, 0.29) is 6.61 Å². The van der Waals surface area contributed by atoms with E-state index in [0.29, 0.717) is 17.7 Å². The third-order valence-corrected chi connectivity index (χ3v) is 4.51. The van der Waals surface area contributed by atoms with Gasteiger partial charge in [0.2, 0.25) is 0 Å². The standard InChI is InChI=1S/C20H25ClO/c1-15(13-21)11-17-3-7-19(8-4-17)20-9-5-18(6-10-20)12-16(2)14-22/h3-10,15-16,22H,11-14H2,1-2H3. The number of hydrogen-bond donors (Lipinski definition) is 1. The summed E-state index contributed by atoms with van der Waals surface area (Å²) in [6.07, 6.45) is 1.95. The lowest BCUT2D eigenvalue weighted by Gasteiger charge is -2.10. The number of aliphatic hydroxyl groups excluding tert-OH is 1. The quantitative estimate of drug-likeness (QED) is 0.717. The highest BCUT2D eigenvalue weighted by atomic mass is 35.5. The summed E-state index contributed by atoms with van der Waals surface area (Å²) in [7, 11) is 0. The molecule has 0 bridgehead atoms. The zero-order chi connectivity index (χ0) is 15.9. The monoisotopic (exact) mass is 316 g/mol. The molecule has 0 aliphatic heterocycles. The second-order valence-electron chi connectivity index (χ2n) is 6.35. The summed E-state index contributed by atoms with van der Waals surface area (Å²) < 4.78 is 0. The number of halogens is 1. The molecule has 0 aromatic heterocycles. The Balaban J connectivity index is 2.05. The van der Waals surface area contributed by atoms with Gasteiger partial charge in [-0.15, -0.1) is 11.6 Å². The van der Waals surface area contributed by atoms with Crippen molar-refractivity contribution in [2.75, 3.05) is 12.5 Å². The Morgan fingerprint density at radius 3 is 1.55 bits per heavy atom. The number of benzene rings is 2. The maximum Gasteiger partial charge on any atom is 0.0459 e. The van der Waals surface area contributed by atoms with E-state index in [2.05, 4.69) is 62.4 Å². The molecule has 22 heavy (non-hydrogen) atoms. The smallest absolute Gasteiger partial charge is 0.0459 e. The lowest BCUT2D eigenvalue weighted by Crippen LogP contribution is -2.04. The van der Waals surface area contributed by atoms with E-state index in [4.69, 9.17) is 16.7 Å². The second kappa shape index (κ2) is 8.36. The number of alkyl halides is 1. The fourth-order valence-corrected chi connectivity index (χ4v) is 2.70. The molecule has 0 fully saturated rings. The molecule has 0 amide bonds. The number of rotatable bonds is 7. The summed E-state index contributed by atoms with van der Waals surface area (Å²) in [6.45, 7) is 4.48. The molecule has 0 aliphatic carbocycles. The first-order chi connectivity index (χ1) is 10.6. The Kier molecular flexibility index (Phi) is 6.48. The minimum absolute atomic E-state index is 0.240. The third kappa shape index (κ3) is 4.86. The van der Waals surface area contributed by atoms with Crippen LogP contribution in [-0.2, 0) is 12.8 Å². The third-order valence-electron chi connectivity index (χ3n) is 3.98. The lowest BCUT2D eigenvalue weighted by atomic mass is 9.97. The van der Waals surface area contributed by atoms with Gasteiger partial charge in [-0.25, -0.2) is 0 Å². The Bertz CT molecular complexity index is 506. The first-order valence-electron chi connectivity index (χ1n) is 7.97. The van der Waals surface area contributed by atoms with Crippen molar-refractivity contribution < 1.29 is 5.11 Å². The molecule has 2 rings (SSSR count). The molecule has 118 valence electrons. The molecule has 0 heterocycles. The Hall–Kier alpha value is -1.31. The van der Waals surface area contributed by atoms with Crippen molar-refractivity contribution in [2.24, 2.45) is 11.8 Å². The van der Waals surface area contributed by atoms with Crippen LogP contribution in [0.2, 0.25) is 0 Å². The van der Waals surface area contributed by atoms with Gasteiger partial charge in [-0.3, -0.25) is 0 Å². The van der Waals surface area contributed by atoms with E-state index >= 15 is 0 Å². The fraction of sp³-hybridized carbons (Fsp3) is 0.400. The highest BCUT2D eigenvalue weighted by Crippen LogP contribution is 2.22. The van der Waals surface area contributed by atoms with Gasteiger partial charge in [-0.05, 0) is 46.9 Å². The molecular weight excluding hydrogens is 292 g/mol. The van der Waals surface area contributed by atoms with E-state index in [1.54, 1.807) is 0 Å². The van der Waals surface area contributed by atoms with Crippen LogP contribution in [0.15, 0.2) is 48.5 Å². The number of aliphatic hydroxyl groups is 1. The summed E-state index contributed by atoms with van der Waals surface area (Å²) in [6, 6.07) is 17.4. The molecule has 2 heteroatoms. The van der Waals surface area contributed by atoms with Crippen LogP contribution in [0.5, 0.6) is 0 Å². The van der Waals surface area contributed by atoms with Crippen molar-refractivity contribution in [3.63, 3.8) is 0 Å². The highest BCUT2D eigenvalue weighted by Gasteiger charge is 2.05. The van der Waals surface area contributed by atoms with Gasteiger partial charge in [0.1, 0.15) is 0 Å². The van der Waals surface area contributed by atoms with Crippen LogP contribution in [-0.4, -0.2) is 17.6 Å². The van der Waals surface area contributed by atoms with Crippen LogP contribution in [0.1, 0.15) is 25.0 Å². The molecule has 0 aliphatic rings. The molecular formula is C20H25ClO. The molecule has 0 saturated heterocycles. The van der Waals surface area contributed by atoms with E-state index in [1.165, 1.54) is 22.3 Å². The van der Waals surface area contributed by atoms with Gasteiger partial charge in [-0.2, -0.15) is 0 Å². The summed E-state index contributed by atoms with van der Waals surface area (Å²) in [5.41, 5.74) is 5.09. The topological polar surface area (TPSA) is 20.2 Å². The van der Waals surface area contributed by atoms with E-state index in [0.717, 1.165) is 12.8 Å². The molecule has 0 radical (unpaired) electrons. The predicted molar refractivity (Wildman–Crippen MR) is 95.4 cm³/mol. The Morgan fingerprint density at radius 1 is 0.773 bits per heavy atom. The maximum absolute atomic E-state index is 9.13. The Morgan fingerprint density at radius 2 is 1.18 bits per heavy atom. The minimum Gasteiger partial charge on any atom is -0.396 e. The van der Waals surface area contributed by atoms with Gasteiger partial charge in [-0.1, -0.05) is 62.4 Å². The van der Waals surface area contributed by atoms with E-state index in [1.807, 2.05) is 0 Å². The molecule has 0 saturated carbocycles. The molecule has 1 N–H and O–H groups in total. The van der Waals surface area contributed by atoms with Crippen molar-refractivity contribution in [1.82, 2.24) is 0 Å². The van der Waals surface area contributed by atoms with Crippen molar-refractivity contribution in [2.45, 2.75) is 26.7 Å². The maximum atomic E-state index is 9.13. The van der Waals surface area contributed by atoms with Gasteiger partial charge in [0.15, 0.2) is 0 Å². The van der Waals surface area contributed by atoms with Crippen LogP contribution < -0.4 is 0 Å². The summed E-state index contributed by atoms with van der Waals surface area (Å²) in [5, 5.41) is 9.13. The Labute approximate surface area is 139 Å². The minimum atomic E-state index is 0.240. The first kappa shape index (κ1) is 17.1. The SMILES string of the molecule is CC(CO)Cc1ccc(-c2ccc(CC(C)CCl)cc2)cc1. The van der Waals surface area contributed by atoms with Crippen molar-refractivity contribution >= 4 is 11.6 Å². The summed E-state index contributed by atoms with van der Waals surface area (Å²) in [4.78, 5) is 0. The summed E-state index contributed by atoms with van der Waals surface area (Å²) in [5.74, 6) is 1.53. The molecule has 1 nitrogen and oxygen atoms in total. The van der Waals surface area contributed by atoms with Gasteiger partial charge in [0.05, 0.1) is 0 Å². The molecule has 2 aromatic carbocycles. The summed E-state index contributed by atoms with van der Waals surface area (Å²) >= 11 is 5.87. The van der Waals surface area contributed by atoms with Crippen LogP contribution in [0.4, 0.5) is 0 Å². The zero-order valence-electron chi connectivity index (χ0n) is 13.4. The fourth-order valence-electron chi connectivity index (χ4n) is 2.59. The van der Waals surface area contributed by atoms with Crippen molar-refractivity contribution in [3.05, 3.63) is 59.7 Å². The largest absolute Gasteiger partial charge is 0.396 e. The van der Waals surface area contributed by atoms with Crippen molar-refractivity contribution in [1.29, 1.82) is 0 Å². The van der Waals surface area contributed by atoms with Crippen LogP contribution in [0.3, 0.4) is 0 Å². The molecule has 2 atom stereocenters. The van der Waals surface area contributed by atoms with Gasteiger partial charge < -0.3 is 5.11 Å². The van der Waals surface area contributed by atoms with Gasteiger partial charge in [0.25, 0.3) is 0 Å².